The summed E-state index contributed by atoms with van der Waals surface area (Å²) in [7, 11) is 0. The highest BCUT2D eigenvalue weighted by Crippen LogP contribution is 2.58. The molecule has 0 fully saturated rings. The molecule has 0 unspecified atom stereocenters. The van der Waals surface area contributed by atoms with Crippen molar-refractivity contribution in [3.05, 3.63) is 281 Å². The zero-order chi connectivity index (χ0) is 41.2. The lowest BCUT2D eigenvalue weighted by Crippen LogP contribution is -2.29. The number of hydrogen-bond donors (Lipinski definition) is 0. The third-order valence-corrected chi connectivity index (χ3v) is 13.4. The lowest BCUT2D eigenvalue weighted by Gasteiger charge is -2.35. The van der Waals surface area contributed by atoms with Crippen LogP contribution in [0.2, 0.25) is 0 Å². The summed E-state index contributed by atoms with van der Waals surface area (Å²) in [5.41, 5.74) is 19.2. The molecule has 11 rings (SSSR count). The molecule has 292 valence electrons. The van der Waals surface area contributed by atoms with E-state index in [1.54, 1.807) is 0 Å². The van der Waals surface area contributed by atoms with Gasteiger partial charge in [0, 0.05) is 17.1 Å². The summed E-state index contributed by atoms with van der Waals surface area (Å²) in [5, 5.41) is 0. The molecule has 1 heteroatoms. The molecule has 0 spiro atoms. The standard InChI is InChI=1S/C60H47N/c1-58(2,3)42-31-35-47(36-32-42)61(48-37-33-46(34-38-48)59(43-19-7-4-8-20-43)54-28-16-13-25-50(54)51-26-14-17-29-55(51)59)49-39-40-53-52-27-15-18-30-56(52)60(57(53)41-49,44-21-9-5-10-22-44)45-23-11-6-12-24-45/h4-41H,1-3H3. The van der Waals surface area contributed by atoms with E-state index in [9.17, 15) is 0 Å². The normalized spacial score (nSPS) is 14.1. The number of benzene rings is 9. The summed E-state index contributed by atoms with van der Waals surface area (Å²) < 4.78 is 0. The van der Waals surface area contributed by atoms with Crippen molar-refractivity contribution in [3.63, 3.8) is 0 Å². The molecule has 1 nitrogen and oxygen atoms in total. The van der Waals surface area contributed by atoms with E-state index in [-0.39, 0.29) is 5.41 Å². The molecule has 0 bridgehead atoms. The molecule has 0 heterocycles. The largest absolute Gasteiger partial charge is 0.310 e. The first-order valence-electron chi connectivity index (χ1n) is 21.5. The Morgan fingerprint density at radius 1 is 0.295 bits per heavy atom. The second-order valence-corrected chi connectivity index (χ2v) is 17.6. The molecule has 9 aromatic rings. The van der Waals surface area contributed by atoms with Crippen molar-refractivity contribution in [1.29, 1.82) is 0 Å². The zero-order valence-corrected chi connectivity index (χ0v) is 34.9. The molecule has 0 saturated carbocycles. The molecule has 61 heavy (non-hydrogen) atoms. The van der Waals surface area contributed by atoms with E-state index in [0.29, 0.717) is 0 Å². The van der Waals surface area contributed by atoms with Crippen LogP contribution < -0.4 is 4.90 Å². The van der Waals surface area contributed by atoms with Crippen LogP contribution in [0.5, 0.6) is 0 Å². The predicted octanol–water partition coefficient (Wildman–Crippen LogP) is 15.2. The van der Waals surface area contributed by atoms with Gasteiger partial charge in [-0.2, -0.15) is 0 Å². The molecule has 9 aromatic carbocycles. The van der Waals surface area contributed by atoms with E-state index >= 15 is 0 Å². The third-order valence-electron chi connectivity index (χ3n) is 13.4. The maximum Gasteiger partial charge on any atom is 0.0714 e. The molecule has 0 aliphatic heterocycles. The van der Waals surface area contributed by atoms with E-state index in [1.165, 1.54) is 72.3 Å². The summed E-state index contributed by atoms with van der Waals surface area (Å²) in [6.45, 7) is 6.85. The van der Waals surface area contributed by atoms with Gasteiger partial charge in [-0.3, -0.25) is 0 Å². The van der Waals surface area contributed by atoms with Crippen LogP contribution in [0.25, 0.3) is 22.3 Å². The number of rotatable bonds is 7. The fourth-order valence-corrected chi connectivity index (χ4v) is 10.7. The molecule has 0 radical (unpaired) electrons. The monoisotopic (exact) mass is 781 g/mol. The van der Waals surface area contributed by atoms with Gasteiger partial charge in [0.05, 0.1) is 10.8 Å². The Bertz CT molecular complexity index is 2940. The first kappa shape index (κ1) is 36.8. The summed E-state index contributed by atoms with van der Waals surface area (Å²) in [6, 6.07) is 85.9. The average molecular weight is 782 g/mol. The highest BCUT2D eigenvalue weighted by atomic mass is 15.1. The highest BCUT2D eigenvalue weighted by molar-refractivity contribution is 5.90. The van der Waals surface area contributed by atoms with E-state index < -0.39 is 10.8 Å². The van der Waals surface area contributed by atoms with Crippen molar-refractivity contribution >= 4 is 17.1 Å². The van der Waals surface area contributed by atoms with Gasteiger partial charge in [-0.15, -0.1) is 0 Å². The minimum atomic E-state index is -0.499. The fraction of sp³-hybridized carbons (Fsp3) is 0.100. The predicted molar refractivity (Wildman–Crippen MR) is 254 cm³/mol. The van der Waals surface area contributed by atoms with Crippen LogP contribution in [-0.4, -0.2) is 0 Å². The maximum absolute atomic E-state index is 2.47. The van der Waals surface area contributed by atoms with Crippen LogP contribution in [0.3, 0.4) is 0 Å². The van der Waals surface area contributed by atoms with E-state index in [2.05, 4.69) is 256 Å². The second-order valence-electron chi connectivity index (χ2n) is 17.6. The van der Waals surface area contributed by atoms with Crippen molar-refractivity contribution < 1.29 is 0 Å². The van der Waals surface area contributed by atoms with Crippen molar-refractivity contribution in [3.8, 4) is 22.3 Å². The third kappa shape index (κ3) is 5.54. The Hall–Kier alpha value is -7.22. The molecule has 0 N–H and O–H groups in total. The van der Waals surface area contributed by atoms with Crippen molar-refractivity contribution in [1.82, 2.24) is 0 Å². The van der Waals surface area contributed by atoms with Gasteiger partial charge < -0.3 is 4.90 Å². The van der Waals surface area contributed by atoms with Gasteiger partial charge in [0.2, 0.25) is 0 Å². The lowest BCUT2D eigenvalue weighted by molar-refractivity contribution is 0.590. The lowest BCUT2D eigenvalue weighted by atomic mass is 9.67. The van der Waals surface area contributed by atoms with Gasteiger partial charge in [-0.05, 0) is 114 Å². The second kappa shape index (κ2) is 14.2. The smallest absolute Gasteiger partial charge is 0.0714 e. The van der Waals surface area contributed by atoms with Crippen LogP contribution in [0, 0.1) is 0 Å². The summed E-state index contributed by atoms with van der Waals surface area (Å²) in [6.07, 6.45) is 0. The molecule has 2 aliphatic rings. The summed E-state index contributed by atoms with van der Waals surface area (Å²) >= 11 is 0. The van der Waals surface area contributed by atoms with Crippen LogP contribution in [-0.2, 0) is 16.2 Å². The molecule has 0 saturated heterocycles. The fourth-order valence-electron chi connectivity index (χ4n) is 10.7. The Kier molecular flexibility index (Phi) is 8.58. The van der Waals surface area contributed by atoms with Crippen LogP contribution in [0.1, 0.15) is 70.8 Å². The average Bonchev–Trinajstić information content (AvgIpc) is 3.79. The minimum Gasteiger partial charge on any atom is -0.310 e. The molecular formula is C60H47N. The van der Waals surface area contributed by atoms with Gasteiger partial charge >= 0.3 is 0 Å². The zero-order valence-electron chi connectivity index (χ0n) is 34.9. The number of anilines is 3. The van der Waals surface area contributed by atoms with Gasteiger partial charge in [-0.25, -0.2) is 0 Å². The van der Waals surface area contributed by atoms with E-state index in [4.69, 9.17) is 0 Å². The number of fused-ring (bicyclic) bond motifs is 6. The number of hydrogen-bond acceptors (Lipinski definition) is 1. The van der Waals surface area contributed by atoms with Crippen LogP contribution in [0.15, 0.2) is 231 Å². The molecular weight excluding hydrogens is 735 g/mol. The first-order chi connectivity index (χ1) is 29.9. The number of nitrogens with zero attached hydrogens (tertiary/aromatic N) is 1. The summed E-state index contributed by atoms with van der Waals surface area (Å²) in [4.78, 5) is 2.45. The molecule has 0 amide bonds. The Morgan fingerprint density at radius 3 is 1.05 bits per heavy atom. The SMILES string of the molecule is CC(C)(C)c1ccc(N(c2ccc(C3(c4ccccc4)c4ccccc4-c4ccccc43)cc2)c2ccc3c(c2)C(c2ccccc2)(c2ccccc2)c2ccccc2-3)cc1. The van der Waals surface area contributed by atoms with Crippen LogP contribution >= 0.6 is 0 Å². The minimum absolute atomic E-state index is 0.0367. The molecule has 0 atom stereocenters. The maximum atomic E-state index is 2.47. The topological polar surface area (TPSA) is 3.24 Å². The van der Waals surface area contributed by atoms with Gasteiger partial charge in [0.25, 0.3) is 0 Å². The Morgan fingerprint density at radius 2 is 0.623 bits per heavy atom. The van der Waals surface area contributed by atoms with E-state index in [1.807, 2.05) is 0 Å². The van der Waals surface area contributed by atoms with Crippen molar-refractivity contribution in [2.24, 2.45) is 0 Å². The van der Waals surface area contributed by atoms with Gasteiger partial charge in [0.15, 0.2) is 0 Å². The van der Waals surface area contributed by atoms with Crippen molar-refractivity contribution in [2.75, 3.05) is 4.90 Å². The van der Waals surface area contributed by atoms with Crippen LogP contribution in [0.4, 0.5) is 17.1 Å². The summed E-state index contributed by atoms with van der Waals surface area (Å²) in [5.74, 6) is 0. The van der Waals surface area contributed by atoms with Crippen molar-refractivity contribution in [2.45, 2.75) is 37.0 Å². The first-order valence-corrected chi connectivity index (χ1v) is 21.5. The molecule has 0 aromatic heterocycles. The Balaban J connectivity index is 1.13. The Labute approximate surface area is 360 Å². The molecule has 2 aliphatic carbocycles. The van der Waals surface area contributed by atoms with Gasteiger partial charge in [-0.1, -0.05) is 215 Å². The quantitative estimate of drug-likeness (QED) is 0.156. The highest BCUT2D eigenvalue weighted by Gasteiger charge is 2.47. The van der Waals surface area contributed by atoms with E-state index in [0.717, 1.165) is 17.1 Å². The van der Waals surface area contributed by atoms with Gasteiger partial charge in [0.1, 0.15) is 0 Å².